The number of ether oxygens (including phenoxy) is 1. The lowest BCUT2D eigenvalue weighted by molar-refractivity contribution is -0.113. The fourth-order valence-corrected chi connectivity index (χ4v) is 4.27. The normalized spacial score (nSPS) is 11.0. The van der Waals surface area contributed by atoms with Crippen molar-refractivity contribution in [3.8, 4) is 0 Å². The second kappa shape index (κ2) is 11.0. The molecule has 0 bridgehead atoms. The molecule has 0 atom stereocenters. The Kier molecular flexibility index (Phi) is 7.61. The average Bonchev–Trinajstić information content (AvgIpc) is 3.30. The number of esters is 1. The molecule has 0 saturated carbocycles. The van der Waals surface area contributed by atoms with Crippen LogP contribution < -0.4 is 10.9 Å². The largest absolute Gasteiger partial charge is 0.462 e. The van der Waals surface area contributed by atoms with E-state index >= 15 is 0 Å². The SMILES string of the molecule is C=CCn1c(=O)c2ccccc2n2c(SCC(=O)Nc3ccc(C(=O)OCCCC)cc3)nnc12. The van der Waals surface area contributed by atoms with Crippen molar-refractivity contribution in [2.24, 2.45) is 0 Å². The number of thioether (sulfide) groups is 1. The number of carbonyl (C=O) groups excluding carboxylic acids is 2. The molecule has 0 unspecified atom stereocenters. The number of carbonyl (C=O) groups is 2. The molecule has 0 fully saturated rings. The first-order chi connectivity index (χ1) is 17.0. The van der Waals surface area contributed by atoms with Crippen molar-refractivity contribution in [3.05, 3.63) is 77.1 Å². The van der Waals surface area contributed by atoms with E-state index in [-0.39, 0.29) is 23.2 Å². The molecule has 10 heteroatoms. The van der Waals surface area contributed by atoms with Crippen LogP contribution in [0.4, 0.5) is 5.69 Å². The van der Waals surface area contributed by atoms with E-state index in [0.29, 0.717) is 46.2 Å². The van der Waals surface area contributed by atoms with Gasteiger partial charge >= 0.3 is 5.97 Å². The van der Waals surface area contributed by atoms with E-state index in [1.165, 1.54) is 16.3 Å². The van der Waals surface area contributed by atoms with E-state index in [9.17, 15) is 14.4 Å². The minimum atomic E-state index is -0.382. The van der Waals surface area contributed by atoms with E-state index in [4.69, 9.17) is 4.74 Å². The maximum Gasteiger partial charge on any atom is 0.338 e. The van der Waals surface area contributed by atoms with Gasteiger partial charge in [0, 0.05) is 12.2 Å². The van der Waals surface area contributed by atoms with E-state index in [0.717, 1.165) is 12.8 Å². The number of fused-ring (bicyclic) bond motifs is 3. The molecule has 2 heterocycles. The van der Waals surface area contributed by atoms with Crippen molar-refractivity contribution in [1.82, 2.24) is 19.2 Å². The summed E-state index contributed by atoms with van der Waals surface area (Å²) >= 11 is 1.21. The molecule has 1 amide bonds. The third kappa shape index (κ3) is 5.27. The minimum absolute atomic E-state index is 0.0799. The summed E-state index contributed by atoms with van der Waals surface area (Å²) < 4.78 is 8.47. The van der Waals surface area contributed by atoms with Gasteiger partial charge < -0.3 is 10.1 Å². The maximum atomic E-state index is 12.9. The highest BCUT2D eigenvalue weighted by atomic mass is 32.2. The summed E-state index contributed by atoms with van der Waals surface area (Å²) in [6.07, 6.45) is 3.40. The topological polar surface area (TPSA) is 108 Å². The number of para-hydroxylation sites is 1. The summed E-state index contributed by atoms with van der Waals surface area (Å²) in [5.41, 5.74) is 1.49. The fraction of sp³-hybridized carbons (Fsp3) is 0.240. The number of aromatic nitrogens is 4. The van der Waals surface area contributed by atoms with Crippen LogP contribution in [0.2, 0.25) is 0 Å². The lowest BCUT2D eigenvalue weighted by atomic mass is 10.2. The second-order valence-electron chi connectivity index (χ2n) is 7.74. The quantitative estimate of drug-likeness (QED) is 0.155. The molecular weight excluding hydrogens is 466 g/mol. The van der Waals surface area contributed by atoms with Crippen molar-refractivity contribution in [1.29, 1.82) is 0 Å². The number of anilines is 1. The molecule has 0 aliphatic carbocycles. The Bertz CT molecular complexity index is 1440. The number of nitrogens with one attached hydrogen (secondary N) is 1. The van der Waals surface area contributed by atoms with Crippen LogP contribution in [0.3, 0.4) is 0 Å². The Labute approximate surface area is 205 Å². The molecule has 2 aromatic heterocycles. The van der Waals surface area contributed by atoms with Crippen LogP contribution in [0, 0.1) is 0 Å². The fourth-order valence-electron chi connectivity index (χ4n) is 3.53. The number of hydrogen-bond donors (Lipinski definition) is 1. The monoisotopic (exact) mass is 491 g/mol. The molecule has 35 heavy (non-hydrogen) atoms. The average molecular weight is 492 g/mol. The van der Waals surface area contributed by atoms with Crippen LogP contribution in [0.5, 0.6) is 0 Å². The van der Waals surface area contributed by atoms with E-state index in [1.807, 2.05) is 19.1 Å². The Hall–Kier alpha value is -3.92. The second-order valence-corrected chi connectivity index (χ2v) is 8.69. The molecule has 4 aromatic rings. The van der Waals surface area contributed by atoms with Gasteiger partial charge in [-0.2, -0.15) is 0 Å². The zero-order valence-electron chi connectivity index (χ0n) is 19.3. The van der Waals surface area contributed by atoms with Crippen LogP contribution in [-0.4, -0.2) is 43.4 Å². The number of nitrogens with zero attached hydrogens (tertiary/aromatic N) is 4. The van der Waals surface area contributed by atoms with Crippen LogP contribution >= 0.6 is 11.8 Å². The molecule has 0 radical (unpaired) electrons. The number of allylic oxidation sites excluding steroid dienone is 1. The molecule has 4 rings (SSSR count). The van der Waals surface area contributed by atoms with Gasteiger partial charge in [-0.1, -0.05) is 43.3 Å². The summed E-state index contributed by atoms with van der Waals surface area (Å²) in [6.45, 7) is 6.43. The van der Waals surface area contributed by atoms with Crippen molar-refractivity contribution >= 4 is 46.0 Å². The Balaban J connectivity index is 1.47. The van der Waals surface area contributed by atoms with Crippen LogP contribution in [-0.2, 0) is 16.1 Å². The highest BCUT2D eigenvalue weighted by molar-refractivity contribution is 7.99. The highest BCUT2D eigenvalue weighted by Crippen LogP contribution is 2.22. The summed E-state index contributed by atoms with van der Waals surface area (Å²) in [5.74, 6) is -0.157. The van der Waals surface area contributed by atoms with Crippen LogP contribution in [0.1, 0.15) is 30.1 Å². The van der Waals surface area contributed by atoms with Gasteiger partial charge in [0.25, 0.3) is 5.56 Å². The minimum Gasteiger partial charge on any atom is -0.462 e. The standard InChI is InChI=1S/C25H25N5O4S/c1-3-5-15-34-23(33)17-10-12-18(13-11-17)26-21(31)16-35-25-28-27-24-29(14-4-2)22(32)19-8-6-7-9-20(19)30(24)25/h4,6-13H,2-3,5,14-16H2,1H3,(H,26,31). The van der Waals surface area contributed by atoms with Crippen molar-refractivity contribution in [2.45, 2.75) is 31.5 Å². The Morgan fingerprint density at radius 1 is 1.14 bits per heavy atom. The third-order valence-corrected chi connectivity index (χ3v) is 6.19. The van der Waals surface area contributed by atoms with Crippen LogP contribution in [0.25, 0.3) is 16.7 Å². The summed E-state index contributed by atoms with van der Waals surface area (Å²) in [7, 11) is 0. The van der Waals surface area contributed by atoms with Gasteiger partial charge in [0.05, 0.1) is 28.8 Å². The van der Waals surface area contributed by atoms with Crippen molar-refractivity contribution < 1.29 is 14.3 Å². The molecule has 180 valence electrons. The number of hydrogen-bond acceptors (Lipinski definition) is 7. The van der Waals surface area contributed by atoms with Crippen molar-refractivity contribution in [3.63, 3.8) is 0 Å². The molecule has 9 nitrogen and oxygen atoms in total. The van der Waals surface area contributed by atoms with Gasteiger partial charge in [0.1, 0.15) is 0 Å². The first-order valence-corrected chi connectivity index (χ1v) is 12.2. The third-order valence-electron chi connectivity index (χ3n) is 5.26. The van der Waals surface area contributed by atoms with Gasteiger partial charge in [-0.25, -0.2) is 4.79 Å². The number of benzene rings is 2. The predicted molar refractivity (Wildman–Crippen MR) is 136 cm³/mol. The van der Waals surface area contributed by atoms with Gasteiger partial charge in [-0.05, 0) is 42.8 Å². The first kappa shape index (κ1) is 24.2. The van der Waals surface area contributed by atoms with Gasteiger partial charge in [-0.3, -0.25) is 18.6 Å². The van der Waals surface area contributed by atoms with E-state index in [2.05, 4.69) is 22.1 Å². The van der Waals surface area contributed by atoms with Gasteiger partial charge in [0.2, 0.25) is 11.7 Å². The molecule has 1 N–H and O–H groups in total. The predicted octanol–water partition coefficient (Wildman–Crippen LogP) is 3.92. The molecule has 0 spiro atoms. The van der Waals surface area contributed by atoms with Crippen molar-refractivity contribution in [2.75, 3.05) is 17.7 Å². The van der Waals surface area contributed by atoms with E-state index in [1.54, 1.807) is 46.9 Å². The van der Waals surface area contributed by atoms with Gasteiger partial charge in [-0.15, -0.1) is 16.8 Å². The lowest BCUT2D eigenvalue weighted by Gasteiger charge is -2.10. The molecular formula is C25H25N5O4S. The number of amides is 1. The Morgan fingerprint density at radius 2 is 1.91 bits per heavy atom. The van der Waals surface area contributed by atoms with Gasteiger partial charge in [0.15, 0.2) is 5.16 Å². The summed E-state index contributed by atoms with van der Waals surface area (Å²) in [5, 5.41) is 12.3. The number of rotatable bonds is 10. The summed E-state index contributed by atoms with van der Waals surface area (Å²) in [4.78, 5) is 37.5. The van der Waals surface area contributed by atoms with Crippen LogP contribution in [0.15, 0.2) is 71.1 Å². The number of unbranched alkanes of at least 4 members (excludes halogenated alkanes) is 1. The smallest absolute Gasteiger partial charge is 0.338 e. The zero-order valence-corrected chi connectivity index (χ0v) is 20.1. The zero-order chi connectivity index (χ0) is 24.8. The first-order valence-electron chi connectivity index (χ1n) is 11.2. The molecule has 0 aliphatic heterocycles. The summed E-state index contributed by atoms with van der Waals surface area (Å²) in [6, 6.07) is 13.8. The Morgan fingerprint density at radius 3 is 2.66 bits per heavy atom. The molecule has 0 aliphatic rings. The highest BCUT2D eigenvalue weighted by Gasteiger charge is 2.17. The van der Waals surface area contributed by atoms with E-state index < -0.39 is 0 Å². The molecule has 0 saturated heterocycles. The molecule has 2 aromatic carbocycles. The lowest BCUT2D eigenvalue weighted by Crippen LogP contribution is -2.22. The maximum absolute atomic E-state index is 12.9.